The number of carbonyl (C=O) groups is 2. The first kappa shape index (κ1) is 20.8. The van der Waals surface area contributed by atoms with Crippen molar-refractivity contribution in [3.05, 3.63) is 65.6 Å². The Labute approximate surface area is 184 Å². The van der Waals surface area contributed by atoms with Gasteiger partial charge in [0.1, 0.15) is 12.4 Å². The summed E-state index contributed by atoms with van der Waals surface area (Å²) >= 11 is 6.48. The number of hydrogen-bond acceptors (Lipinski definition) is 5. The molecule has 1 unspecified atom stereocenters. The summed E-state index contributed by atoms with van der Waals surface area (Å²) in [6.07, 6.45) is 4.16. The van der Waals surface area contributed by atoms with Crippen LogP contribution in [-0.4, -0.2) is 51.5 Å². The monoisotopic (exact) mass is 437 g/mol. The fourth-order valence-corrected chi connectivity index (χ4v) is 4.15. The zero-order chi connectivity index (χ0) is 22.0. The Morgan fingerprint density at radius 3 is 2.68 bits per heavy atom. The summed E-state index contributed by atoms with van der Waals surface area (Å²) in [5.74, 6) is -0.908. The molecule has 0 bridgehead atoms. The number of carboxylic acids is 1. The zero-order valence-corrected chi connectivity index (χ0v) is 17.5. The van der Waals surface area contributed by atoms with E-state index in [1.54, 1.807) is 30.5 Å². The van der Waals surface area contributed by atoms with Gasteiger partial charge in [0, 0.05) is 28.9 Å². The van der Waals surface area contributed by atoms with Gasteiger partial charge in [-0.1, -0.05) is 35.9 Å². The largest absolute Gasteiger partial charge is 0.480 e. The first-order valence-corrected chi connectivity index (χ1v) is 10.2. The molecule has 2 heterocycles. The molecule has 1 aromatic heterocycles. The van der Waals surface area contributed by atoms with Crippen LogP contribution in [0.1, 0.15) is 23.2 Å². The molecule has 3 aromatic rings. The SMILES string of the molecule is COc1ncncc1-c1ccc(C(=O)N2CCCC2C(=O)O)cc1-c1ccccc1Cl. The molecule has 2 aromatic carbocycles. The van der Waals surface area contributed by atoms with E-state index < -0.39 is 12.0 Å². The van der Waals surface area contributed by atoms with Gasteiger partial charge in [-0.15, -0.1) is 0 Å². The maximum atomic E-state index is 13.2. The van der Waals surface area contributed by atoms with Crippen molar-refractivity contribution in [1.82, 2.24) is 14.9 Å². The van der Waals surface area contributed by atoms with Crippen LogP contribution < -0.4 is 4.74 Å². The van der Waals surface area contributed by atoms with Crippen LogP contribution in [0.4, 0.5) is 0 Å². The van der Waals surface area contributed by atoms with E-state index in [9.17, 15) is 14.7 Å². The van der Waals surface area contributed by atoms with Gasteiger partial charge in [0.05, 0.1) is 12.7 Å². The molecule has 1 N–H and O–H groups in total. The minimum atomic E-state index is -0.986. The van der Waals surface area contributed by atoms with E-state index in [0.29, 0.717) is 47.0 Å². The van der Waals surface area contributed by atoms with E-state index in [1.165, 1.54) is 18.3 Å². The second-order valence-corrected chi connectivity index (χ2v) is 7.59. The van der Waals surface area contributed by atoms with Gasteiger partial charge < -0.3 is 14.7 Å². The molecule has 1 atom stereocenters. The molecule has 0 radical (unpaired) electrons. The smallest absolute Gasteiger partial charge is 0.326 e. The summed E-state index contributed by atoms with van der Waals surface area (Å²) < 4.78 is 5.40. The molecular weight excluding hydrogens is 418 g/mol. The predicted molar refractivity (Wildman–Crippen MR) is 116 cm³/mol. The summed E-state index contributed by atoms with van der Waals surface area (Å²) in [5.41, 5.74) is 3.23. The Morgan fingerprint density at radius 1 is 1.13 bits per heavy atom. The quantitative estimate of drug-likeness (QED) is 0.644. The average Bonchev–Trinajstić information content (AvgIpc) is 3.29. The molecule has 4 rings (SSSR count). The molecule has 1 aliphatic heterocycles. The first-order valence-electron chi connectivity index (χ1n) is 9.78. The highest BCUT2D eigenvalue weighted by molar-refractivity contribution is 6.33. The summed E-state index contributed by atoms with van der Waals surface area (Å²) in [6, 6.07) is 11.7. The Morgan fingerprint density at radius 2 is 1.94 bits per heavy atom. The van der Waals surface area contributed by atoms with E-state index >= 15 is 0 Å². The third-order valence-electron chi connectivity index (χ3n) is 5.39. The lowest BCUT2D eigenvalue weighted by atomic mass is 9.93. The third-order valence-corrected chi connectivity index (χ3v) is 5.72. The first-order chi connectivity index (χ1) is 15.0. The Bertz CT molecular complexity index is 1150. The number of aliphatic carboxylic acids is 1. The van der Waals surface area contributed by atoms with Crippen molar-refractivity contribution in [1.29, 1.82) is 0 Å². The van der Waals surface area contributed by atoms with E-state index in [0.717, 1.165) is 11.1 Å². The summed E-state index contributed by atoms with van der Waals surface area (Å²) in [7, 11) is 1.53. The van der Waals surface area contributed by atoms with Gasteiger partial charge in [0.15, 0.2) is 0 Å². The number of amides is 1. The lowest BCUT2D eigenvalue weighted by Crippen LogP contribution is -2.40. The van der Waals surface area contributed by atoms with Gasteiger partial charge in [-0.2, -0.15) is 0 Å². The lowest BCUT2D eigenvalue weighted by molar-refractivity contribution is -0.141. The van der Waals surface area contributed by atoms with Crippen LogP contribution in [0.3, 0.4) is 0 Å². The standard InChI is InChI=1S/C23H20ClN3O4/c1-31-21-18(12-25-13-26-21)15-9-8-14(11-17(15)16-5-2-3-6-19(16)24)22(28)27-10-4-7-20(27)23(29)30/h2-3,5-6,8-9,11-13,20H,4,7,10H2,1H3,(H,29,30). The molecule has 1 amide bonds. The fourth-order valence-electron chi connectivity index (χ4n) is 3.91. The van der Waals surface area contributed by atoms with E-state index in [2.05, 4.69) is 9.97 Å². The highest BCUT2D eigenvalue weighted by Gasteiger charge is 2.34. The Hall–Kier alpha value is -3.45. The van der Waals surface area contributed by atoms with Gasteiger partial charge in [-0.3, -0.25) is 4.79 Å². The second kappa shape index (κ2) is 8.73. The van der Waals surface area contributed by atoms with Crippen LogP contribution >= 0.6 is 11.6 Å². The molecule has 158 valence electrons. The highest BCUT2D eigenvalue weighted by atomic mass is 35.5. The fraction of sp³-hybridized carbons (Fsp3) is 0.217. The molecule has 1 aliphatic rings. The number of halogens is 1. The molecule has 0 spiro atoms. The van der Waals surface area contributed by atoms with Crippen molar-refractivity contribution in [2.75, 3.05) is 13.7 Å². The average molecular weight is 438 g/mol. The van der Waals surface area contributed by atoms with Gasteiger partial charge >= 0.3 is 5.97 Å². The Kier molecular flexibility index (Phi) is 5.86. The van der Waals surface area contributed by atoms with Gasteiger partial charge in [-0.25, -0.2) is 14.8 Å². The number of benzene rings is 2. The van der Waals surface area contributed by atoms with Crippen molar-refractivity contribution in [3.8, 4) is 28.1 Å². The van der Waals surface area contributed by atoms with Crippen molar-refractivity contribution in [3.63, 3.8) is 0 Å². The zero-order valence-electron chi connectivity index (χ0n) is 16.8. The molecule has 0 saturated carbocycles. The summed E-state index contributed by atoms with van der Waals surface area (Å²) in [6.45, 7) is 0.416. The van der Waals surface area contributed by atoms with Crippen molar-refractivity contribution in [2.45, 2.75) is 18.9 Å². The number of carboxylic acid groups (broad SMARTS) is 1. The number of likely N-dealkylation sites (tertiary alicyclic amines) is 1. The summed E-state index contributed by atoms with van der Waals surface area (Å²) in [5, 5.41) is 9.98. The number of ether oxygens (including phenoxy) is 1. The van der Waals surface area contributed by atoms with Gasteiger partial charge in [0.2, 0.25) is 5.88 Å². The van der Waals surface area contributed by atoms with E-state index in [4.69, 9.17) is 16.3 Å². The molecular formula is C23H20ClN3O4. The second-order valence-electron chi connectivity index (χ2n) is 7.18. The van der Waals surface area contributed by atoms with Crippen molar-refractivity contribution >= 4 is 23.5 Å². The number of nitrogens with zero attached hydrogens (tertiary/aromatic N) is 3. The molecule has 1 saturated heterocycles. The predicted octanol–water partition coefficient (Wildman–Crippen LogP) is 4.16. The number of rotatable bonds is 5. The maximum absolute atomic E-state index is 13.2. The Balaban J connectivity index is 1.86. The maximum Gasteiger partial charge on any atom is 0.326 e. The molecule has 7 nitrogen and oxygen atoms in total. The van der Waals surface area contributed by atoms with Crippen LogP contribution in [0.2, 0.25) is 5.02 Å². The van der Waals surface area contributed by atoms with Crippen LogP contribution in [0.5, 0.6) is 5.88 Å². The number of hydrogen-bond donors (Lipinski definition) is 1. The third kappa shape index (κ3) is 3.96. The number of aromatic nitrogens is 2. The molecule has 31 heavy (non-hydrogen) atoms. The summed E-state index contributed by atoms with van der Waals surface area (Å²) in [4.78, 5) is 34.4. The molecule has 0 aliphatic carbocycles. The topological polar surface area (TPSA) is 92.6 Å². The minimum Gasteiger partial charge on any atom is -0.480 e. The van der Waals surface area contributed by atoms with Crippen molar-refractivity contribution < 1.29 is 19.4 Å². The number of methoxy groups -OCH3 is 1. The molecule has 8 heteroatoms. The van der Waals surface area contributed by atoms with E-state index in [-0.39, 0.29) is 5.91 Å². The number of carbonyl (C=O) groups excluding carboxylic acids is 1. The van der Waals surface area contributed by atoms with Crippen LogP contribution in [0.15, 0.2) is 55.0 Å². The van der Waals surface area contributed by atoms with Gasteiger partial charge in [-0.05, 0) is 42.2 Å². The van der Waals surface area contributed by atoms with Crippen molar-refractivity contribution in [2.24, 2.45) is 0 Å². The van der Waals surface area contributed by atoms with Gasteiger partial charge in [0.25, 0.3) is 5.91 Å². The van der Waals surface area contributed by atoms with Crippen LogP contribution in [0, 0.1) is 0 Å². The van der Waals surface area contributed by atoms with E-state index in [1.807, 2.05) is 18.2 Å². The lowest BCUT2D eigenvalue weighted by Gasteiger charge is -2.22. The highest BCUT2D eigenvalue weighted by Crippen LogP contribution is 2.39. The molecule has 1 fully saturated rings. The minimum absolute atomic E-state index is 0.318. The van der Waals surface area contributed by atoms with Crippen LogP contribution in [0.25, 0.3) is 22.3 Å². The van der Waals surface area contributed by atoms with Crippen LogP contribution in [-0.2, 0) is 4.79 Å². The normalized spacial score (nSPS) is 15.7.